The van der Waals surface area contributed by atoms with Crippen molar-refractivity contribution in [1.82, 2.24) is 30.0 Å². The van der Waals surface area contributed by atoms with E-state index in [9.17, 15) is 4.79 Å². The largest absolute Gasteiger partial charge is 0.467 e. The first-order valence-electron chi connectivity index (χ1n) is 7.98. The molecule has 0 saturated carbocycles. The van der Waals surface area contributed by atoms with Crippen molar-refractivity contribution in [3.8, 4) is 12.0 Å². The molecular formula is C15H21N7O3. The van der Waals surface area contributed by atoms with Crippen LogP contribution < -0.4 is 19.7 Å². The highest BCUT2D eigenvalue weighted by Gasteiger charge is 2.25. The van der Waals surface area contributed by atoms with Gasteiger partial charge in [-0.2, -0.15) is 15.1 Å². The maximum atomic E-state index is 12.4. The molecule has 1 amide bonds. The summed E-state index contributed by atoms with van der Waals surface area (Å²) in [7, 11) is 4.73. The standard InChI is InChI=1S/C15H21N7O3/c1-21-11(6-7-16-21)12(23)17-10-5-4-8-22(9-10)13-18-14(24-2)20-15(19-13)25-3/h6-7,10H,4-5,8-9H2,1-3H3,(H,17,23). The van der Waals surface area contributed by atoms with Crippen LogP contribution in [0.2, 0.25) is 0 Å². The first kappa shape index (κ1) is 16.9. The Bertz CT molecular complexity index is 726. The summed E-state index contributed by atoms with van der Waals surface area (Å²) in [5.74, 6) is 0.334. The van der Waals surface area contributed by atoms with Crippen molar-refractivity contribution in [1.29, 1.82) is 0 Å². The number of aromatic nitrogens is 5. The summed E-state index contributed by atoms with van der Waals surface area (Å²) in [5.41, 5.74) is 0.528. The fourth-order valence-corrected chi connectivity index (χ4v) is 2.78. The minimum absolute atomic E-state index is 0.00935. The zero-order chi connectivity index (χ0) is 17.8. The second-order valence-corrected chi connectivity index (χ2v) is 5.71. The highest BCUT2D eigenvalue weighted by atomic mass is 16.5. The van der Waals surface area contributed by atoms with Gasteiger partial charge in [-0.25, -0.2) is 0 Å². The Labute approximate surface area is 145 Å². The van der Waals surface area contributed by atoms with Gasteiger partial charge in [-0.1, -0.05) is 0 Å². The van der Waals surface area contributed by atoms with Gasteiger partial charge >= 0.3 is 12.0 Å². The third-order valence-corrected chi connectivity index (χ3v) is 4.04. The van der Waals surface area contributed by atoms with Gasteiger partial charge in [0, 0.05) is 32.4 Å². The van der Waals surface area contributed by atoms with Gasteiger partial charge in [0.2, 0.25) is 5.95 Å². The van der Waals surface area contributed by atoms with E-state index in [-0.39, 0.29) is 24.0 Å². The summed E-state index contributed by atoms with van der Waals surface area (Å²) in [6.07, 6.45) is 3.40. The van der Waals surface area contributed by atoms with Crippen molar-refractivity contribution >= 4 is 11.9 Å². The number of ether oxygens (including phenoxy) is 2. The third-order valence-electron chi connectivity index (χ3n) is 4.04. The summed E-state index contributed by atoms with van der Waals surface area (Å²) < 4.78 is 11.7. The molecule has 1 N–H and O–H groups in total. The molecule has 0 bridgehead atoms. The average Bonchev–Trinajstić information content (AvgIpc) is 3.07. The number of hydrogen-bond donors (Lipinski definition) is 1. The monoisotopic (exact) mass is 347 g/mol. The fraction of sp³-hybridized carbons (Fsp3) is 0.533. The van der Waals surface area contributed by atoms with E-state index in [4.69, 9.17) is 9.47 Å². The lowest BCUT2D eigenvalue weighted by Crippen LogP contribution is -2.48. The lowest BCUT2D eigenvalue weighted by atomic mass is 10.1. The molecule has 1 aliphatic heterocycles. The number of piperidine rings is 1. The van der Waals surface area contributed by atoms with Crippen molar-refractivity contribution < 1.29 is 14.3 Å². The zero-order valence-corrected chi connectivity index (χ0v) is 14.5. The molecule has 10 nitrogen and oxygen atoms in total. The predicted molar refractivity (Wildman–Crippen MR) is 88.8 cm³/mol. The van der Waals surface area contributed by atoms with Crippen LogP contribution in [-0.4, -0.2) is 64.0 Å². The summed E-state index contributed by atoms with van der Waals surface area (Å²) in [4.78, 5) is 26.9. The minimum atomic E-state index is -0.141. The Morgan fingerprint density at radius 1 is 1.24 bits per heavy atom. The average molecular weight is 347 g/mol. The number of nitrogens with one attached hydrogen (secondary N) is 1. The summed E-state index contributed by atoms with van der Waals surface area (Å²) in [5, 5.41) is 7.07. The molecule has 1 saturated heterocycles. The number of methoxy groups -OCH3 is 2. The fourth-order valence-electron chi connectivity index (χ4n) is 2.78. The first-order chi connectivity index (χ1) is 12.1. The summed E-state index contributed by atoms with van der Waals surface area (Å²) in [6, 6.07) is 2.08. The van der Waals surface area contributed by atoms with Crippen LogP contribution in [0.4, 0.5) is 5.95 Å². The van der Waals surface area contributed by atoms with E-state index in [0.29, 0.717) is 18.2 Å². The molecule has 3 heterocycles. The predicted octanol–water partition coefficient (Wildman–Crippen LogP) is 0.0211. The quantitative estimate of drug-likeness (QED) is 0.807. The molecule has 1 fully saturated rings. The molecule has 0 radical (unpaired) electrons. The maximum absolute atomic E-state index is 12.4. The van der Waals surface area contributed by atoms with Gasteiger partial charge in [0.15, 0.2) is 0 Å². The third kappa shape index (κ3) is 3.78. The van der Waals surface area contributed by atoms with Crippen molar-refractivity contribution in [2.45, 2.75) is 18.9 Å². The van der Waals surface area contributed by atoms with Gasteiger partial charge in [-0.15, -0.1) is 4.98 Å². The van der Waals surface area contributed by atoms with Crippen molar-refractivity contribution in [3.63, 3.8) is 0 Å². The van der Waals surface area contributed by atoms with Crippen molar-refractivity contribution in [2.24, 2.45) is 7.05 Å². The Balaban J connectivity index is 1.71. The van der Waals surface area contributed by atoms with Gasteiger partial charge in [-0.05, 0) is 18.9 Å². The van der Waals surface area contributed by atoms with Crippen LogP contribution in [0.3, 0.4) is 0 Å². The second kappa shape index (κ2) is 7.32. The van der Waals surface area contributed by atoms with E-state index in [0.717, 1.165) is 19.4 Å². The molecule has 2 aromatic rings. The number of carbonyl (C=O) groups excluding carboxylic acids is 1. The Morgan fingerprint density at radius 2 is 1.96 bits per heavy atom. The molecular weight excluding hydrogens is 326 g/mol. The molecule has 1 unspecified atom stereocenters. The van der Waals surface area contributed by atoms with Crippen LogP contribution in [0.15, 0.2) is 12.3 Å². The maximum Gasteiger partial charge on any atom is 0.324 e. The molecule has 10 heteroatoms. The molecule has 0 aromatic carbocycles. The molecule has 1 atom stereocenters. The molecule has 0 aliphatic carbocycles. The van der Waals surface area contributed by atoms with E-state index < -0.39 is 0 Å². The molecule has 3 rings (SSSR count). The first-order valence-corrected chi connectivity index (χ1v) is 7.98. The van der Waals surface area contributed by atoms with Crippen LogP contribution >= 0.6 is 0 Å². The van der Waals surface area contributed by atoms with E-state index in [1.165, 1.54) is 14.2 Å². The van der Waals surface area contributed by atoms with Gasteiger partial charge in [0.05, 0.1) is 14.2 Å². The normalized spacial score (nSPS) is 17.2. The molecule has 1 aliphatic rings. The van der Waals surface area contributed by atoms with Crippen LogP contribution in [0.25, 0.3) is 0 Å². The number of nitrogens with zero attached hydrogens (tertiary/aromatic N) is 6. The Morgan fingerprint density at radius 3 is 2.56 bits per heavy atom. The van der Waals surface area contributed by atoms with Crippen molar-refractivity contribution in [3.05, 3.63) is 18.0 Å². The van der Waals surface area contributed by atoms with Gasteiger partial charge in [-0.3, -0.25) is 9.48 Å². The molecule has 0 spiro atoms. The van der Waals surface area contributed by atoms with Crippen LogP contribution in [-0.2, 0) is 7.05 Å². The Hall–Kier alpha value is -2.91. The zero-order valence-electron chi connectivity index (χ0n) is 14.5. The van der Waals surface area contributed by atoms with Crippen molar-refractivity contribution in [2.75, 3.05) is 32.2 Å². The summed E-state index contributed by atoms with van der Waals surface area (Å²) >= 11 is 0. The smallest absolute Gasteiger partial charge is 0.324 e. The molecule has 134 valence electrons. The van der Waals surface area contributed by atoms with E-state index in [1.54, 1.807) is 24.0 Å². The van der Waals surface area contributed by atoms with E-state index in [2.05, 4.69) is 25.4 Å². The number of rotatable bonds is 5. The van der Waals surface area contributed by atoms with Gasteiger partial charge in [0.1, 0.15) is 5.69 Å². The number of carbonyl (C=O) groups is 1. The number of amides is 1. The number of anilines is 1. The highest BCUT2D eigenvalue weighted by molar-refractivity contribution is 5.92. The van der Waals surface area contributed by atoms with Crippen LogP contribution in [0.1, 0.15) is 23.3 Å². The molecule has 2 aromatic heterocycles. The Kier molecular flexibility index (Phi) is 4.96. The second-order valence-electron chi connectivity index (χ2n) is 5.71. The van der Waals surface area contributed by atoms with Crippen LogP contribution in [0.5, 0.6) is 12.0 Å². The SMILES string of the molecule is COc1nc(OC)nc(N2CCCC(NC(=O)c3ccnn3C)C2)n1. The van der Waals surface area contributed by atoms with E-state index in [1.807, 2.05) is 4.90 Å². The lowest BCUT2D eigenvalue weighted by molar-refractivity contribution is 0.0923. The highest BCUT2D eigenvalue weighted by Crippen LogP contribution is 2.20. The molecule has 25 heavy (non-hydrogen) atoms. The number of hydrogen-bond acceptors (Lipinski definition) is 8. The van der Waals surface area contributed by atoms with Crippen LogP contribution in [0, 0.1) is 0 Å². The number of aryl methyl sites for hydroxylation is 1. The minimum Gasteiger partial charge on any atom is -0.467 e. The van der Waals surface area contributed by atoms with E-state index >= 15 is 0 Å². The topological polar surface area (TPSA) is 107 Å². The summed E-state index contributed by atoms with van der Waals surface area (Å²) in [6.45, 7) is 1.38. The van der Waals surface area contributed by atoms with Gasteiger partial charge in [0.25, 0.3) is 5.91 Å². The van der Waals surface area contributed by atoms with Gasteiger partial charge < -0.3 is 19.7 Å². The lowest BCUT2D eigenvalue weighted by Gasteiger charge is -2.33.